The molecule has 29 heavy (non-hydrogen) atoms. The molecule has 0 N–H and O–H groups in total. The van der Waals surface area contributed by atoms with Crippen molar-refractivity contribution in [1.82, 2.24) is 0 Å². The molecule has 158 valence electrons. The van der Waals surface area contributed by atoms with Crippen molar-refractivity contribution in [2.75, 3.05) is 6.61 Å². The molecule has 3 rings (SSSR count). The lowest BCUT2D eigenvalue weighted by atomic mass is 10.1. The number of benzene rings is 2. The predicted octanol–water partition coefficient (Wildman–Crippen LogP) is 2.93. The highest BCUT2D eigenvalue weighted by Gasteiger charge is 2.48. The van der Waals surface area contributed by atoms with Crippen LogP contribution in [0.5, 0.6) is 11.5 Å². The van der Waals surface area contributed by atoms with Crippen molar-refractivity contribution in [2.24, 2.45) is 0 Å². The summed E-state index contributed by atoms with van der Waals surface area (Å²) in [5.41, 5.74) is -4.14. The summed E-state index contributed by atoms with van der Waals surface area (Å²) in [5.74, 6) is -0.490. The first-order chi connectivity index (χ1) is 13.4. The Labute approximate surface area is 165 Å². The SMILES string of the molecule is Cc1ccc(S(=O)(=O)OCC2Cc3ccc(OS(=O)(=O)C(F)(F)F)cc3O2)cc1. The first-order valence-corrected chi connectivity index (χ1v) is 11.0. The van der Waals surface area contributed by atoms with E-state index in [-0.39, 0.29) is 23.7 Å². The fourth-order valence-corrected chi connectivity index (χ4v) is 3.92. The minimum Gasteiger partial charge on any atom is -0.487 e. The molecule has 0 saturated carbocycles. The van der Waals surface area contributed by atoms with Crippen LogP contribution in [0, 0.1) is 6.92 Å². The summed E-state index contributed by atoms with van der Waals surface area (Å²) in [5, 5.41) is 0. The Morgan fingerprint density at radius 2 is 1.72 bits per heavy atom. The zero-order chi connectivity index (χ0) is 21.4. The molecule has 1 aliphatic rings. The number of aryl methyl sites for hydroxylation is 1. The monoisotopic (exact) mass is 452 g/mol. The van der Waals surface area contributed by atoms with Crippen molar-refractivity contribution in [2.45, 2.75) is 29.9 Å². The Hall–Kier alpha value is -2.31. The molecule has 0 spiro atoms. The fourth-order valence-electron chi connectivity index (χ4n) is 2.54. The highest BCUT2D eigenvalue weighted by Crippen LogP contribution is 2.35. The van der Waals surface area contributed by atoms with E-state index in [1.807, 2.05) is 0 Å². The van der Waals surface area contributed by atoms with Gasteiger partial charge in [-0.05, 0) is 30.7 Å². The molecule has 2 aromatic rings. The molecule has 1 aliphatic heterocycles. The second kappa shape index (κ2) is 7.50. The molecule has 1 atom stereocenters. The molecular weight excluding hydrogens is 437 g/mol. The third-order valence-electron chi connectivity index (χ3n) is 3.99. The maximum absolute atomic E-state index is 12.4. The van der Waals surface area contributed by atoms with E-state index in [0.717, 1.165) is 17.7 Å². The van der Waals surface area contributed by atoms with Crippen molar-refractivity contribution in [3.8, 4) is 11.5 Å². The highest BCUT2D eigenvalue weighted by atomic mass is 32.2. The van der Waals surface area contributed by atoms with Crippen LogP contribution >= 0.6 is 0 Å². The standard InChI is InChI=1S/C17H15F3O7S2/c1-11-2-6-15(7-3-11)28(21,22)25-10-14-8-12-4-5-13(9-16(12)26-14)27-29(23,24)17(18,19)20/h2-7,9,14H,8,10H2,1H3. The van der Waals surface area contributed by atoms with E-state index < -0.39 is 37.6 Å². The number of hydrogen-bond donors (Lipinski definition) is 0. The van der Waals surface area contributed by atoms with Crippen LogP contribution in [0.3, 0.4) is 0 Å². The Kier molecular flexibility index (Phi) is 5.54. The average molecular weight is 452 g/mol. The van der Waals surface area contributed by atoms with Crippen molar-refractivity contribution < 1.29 is 43.1 Å². The minimum absolute atomic E-state index is 0.0216. The lowest BCUT2D eigenvalue weighted by molar-refractivity contribution is -0.0500. The van der Waals surface area contributed by atoms with E-state index in [1.165, 1.54) is 18.2 Å². The molecule has 0 aromatic heterocycles. The lowest BCUT2D eigenvalue weighted by Gasteiger charge is -2.12. The molecule has 0 bridgehead atoms. The van der Waals surface area contributed by atoms with E-state index >= 15 is 0 Å². The van der Waals surface area contributed by atoms with Gasteiger partial charge in [0.05, 0.1) is 4.90 Å². The van der Waals surface area contributed by atoms with Crippen molar-refractivity contribution in [3.63, 3.8) is 0 Å². The fraction of sp³-hybridized carbons (Fsp3) is 0.294. The quantitative estimate of drug-likeness (QED) is 0.491. The second-order valence-electron chi connectivity index (χ2n) is 6.25. The molecule has 0 radical (unpaired) electrons. The van der Waals surface area contributed by atoms with Crippen LogP contribution in [0.2, 0.25) is 0 Å². The number of ether oxygens (including phenoxy) is 1. The van der Waals surface area contributed by atoms with E-state index in [4.69, 9.17) is 8.92 Å². The van der Waals surface area contributed by atoms with Gasteiger partial charge in [0.2, 0.25) is 0 Å². The zero-order valence-corrected chi connectivity index (χ0v) is 16.5. The maximum atomic E-state index is 12.4. The van der Waals surface area contributed by atoms with Crippen molar-refractivity contribution >= 4 is 20.2 Å². The van der Waals surface area contributed by atoms with Gasteiger partial charge in [-0.1, -0.05) is 23.8 Å². The number of halogens is 3. The zero-order valence-electron chi connectivity index (χ0n) is 14.8. The van der Waals surface area contributed by atoms with Gasteiger partial charge in [0.15, 0.2) is 0 Å². The molecular formula is C17H15F3O7S2. The van der Waals surface area contributed by atoms with Crippen LogP contribution in [-0.2, 0) is 30.8 Å². The molecule has 7 nitrogen and oxygen atoms in total. The van der Waals surface area contributed by atoms with Gasteiger partial charge in [0.25, 0.3) is 10.1 Å². The summed E-state index contributed by atoms with van der Waals surface area (Å²) in [6.45, 7) is 1.47. The molecule has 0 aliphatic carbocycles. The first kappa shape index (κ1) is 21.4. The van der Waals surface area contributed by atoms with Crippen LogP contribution in [-0.4, -0.2) is 35.1 Å². The number of alkyl halides is 3. The highest BCUT2D eigenvalue weighted by molar-refractivity contribution is 7.88. The molecule has 0 fully saturated rings. The van der Waals surface area contributed by atoms with E-state index in [1.54, 1.807) is 19.1 Å². The lowest BCUT2D eigenvalue weighted by Crippen LogP contribution is -2.28. The summed E-state index contributed by atoms with van der Waals surface area (Å²) in [6, 6.07) is 9.43. The summed E-state index contributed by atoms with van der Waals surface area (Å²) >= 11 is 0. The average Bonchev–Trinajstić information content (AvgIpc) is 3.01. The Bertz CT molecular complexity index is 1110. The Balaban J connectivity index is 1.65. The smallest absolute Gasteiger partial charge is 0.487 e. The Morgan fingerprint density at radius 3 is 2.34 bits per heavy atom. The third kappa shape index (κ3) is 4.82. The normalized spacial score (nSPS) is 16.9. The van der Waals surface area contributed by atoms with Crippen LogP contribution in [0.25, 0.3) is 0 Å². The Morgan fingerprint density at radius 1 is 1.07 bits per heavy atom. The molecule has 2 aromatic carbocycles. The molecule has 1 heterocycles. The van der Waals surface area contributed by atoms with Gasteiger partial charge < -0.3 is 8.92 Å². The molecule has 12 heteroatoms. The summed E-state index contributed by atoms with van der Waals surface area (Å²) in [7, 11) is -9.81. The van der Waals surface area contributed by atoms with Crippen LogP contribution in [0.1, 0.15) is 11.1 Å². The minimum atomic E-state index is -5.80. The number of fused-ring (bicyclic) bond motifs is 1. The summed E-state index contributed by atoms with van der Waals surface area (Å²) in [4.78, 5) is -0.0216. The number of hydrogen-bond acceptors (Lipinski definition) is 7. The van der Waals surface area contributed by atoms with Gasteiger partial charge in [-0.25, -0.2) is 0 Å². The maximum Gasteiger partial charge on any atom is 0.534 e. The van der Waals surface area contributed by atoms with Gasteiger partial charge in [0, 0.05) is 12.5 Å². The van der Waals surface area contributed by atoms with Gasteiger partial charge >= 0.3 is 15.6 Å². The van der Waals surface area contributed by atoms with Crippen LogP contribution in [0.15, 0.2) is 47.4 Å². The third-order valence-corrected chi connectivity index (χ3v) is 6.26. The van der Waals surface area contributed by atoms with Crippen molar-refractivity contribution in [3.05, 3.63) is 53.6 Å². The van der Waals surface area contributed by atoms with Gasteiger partial charge in [-0.2, -0.15) is 30.0 Å². The summed E-state index contributed by atoms with van der Waals surface area (Å²) in [6.07, 6.45) is -0.495. The molecule has 0 amide bonds. The first-order valence-electron chi connectivity index (χ1n) is 8.14. The van der Waals surface area contributed by atoms with Crippen molar-refractivity contribution in [1.29, 1.82) is 0 Å². The van der Waals surface area contributed by atoms with Crippen LogP contribution < -0.4 is 8.92 Å². The van der Waals surface area contributed by atoms with Gasteiger partial charge in [-0.3, -0.25) is 4.18 Å². The van der Waals surface area contributed by atoms with E-state index in [2.05, 4.69) is 4.18 Å². The predicted molar refractivity (Wildman–Crippen MR) is 94.5 cm³/mol. The van der Waals surface area contributed by atoms with E-state index in [9.17, 15) is 30.0 Å². The number of rotatable bonds is 6. The van der Waals surface area contributed by atoms with Gasteiger partial charge in [0.1, 0.15) is 24.2 Å². The topological polar surface area (TPSA) is 96.0 Å². The second-order valence-corrected chi connectivity index (χ2v) is 9.40. The van der Waals surface area contributed by atoms with Crippen LogP contribution in [0.4, 0.5) is 13.2 Å². The summed E-state index contributed by atoms with van der Waals surface area (Å²) < 4.78 is 98.3. The van der Waals surface area contributed by atoms with E-state index in [0.29, 0.717) is 5.56 Å². The molecule has 0 saturated heterocycles. The van der Waals surface area contributed by atoms with Gasteiger partial charge in [-0.15, -0.1) is 0 Å². The largest absolute Gasteiger partial charge is 0.534 e. The molecule has 1 unspecified atom stereocenters.